The van der Waals surface area contributed by atoms with E-state index in [1.165, 1.54) is 96.3 Å². The van der Waals surface area contributed by atoms with Crippen LogP contribution in [0.15, 0.2) is 12.2 Å². The van der Waals surface area contributed by atoms with Crippen LogP contribution in [-0.2, 0) is 9.09 Å². The standard InChI is InChI=1S/C29H60NO3P/c1-6-8-9-10-11-12-13-14-15-16-17-18-19-20-21-22-23-24-25-26-27-28-33-34(31,32)29(7-2)30(3,4)5/h21-22,29H,6-20,23-28H2,1-5H3/p+1. The van der Waals surface area contributed by atoms with Gasteiger partial charge in [-0.25, -0.2) is 0 Å². The topological polar surface area (TPSA) is 46.5 Å². The minimum atomic E-state index is -3.56. The van der Waals surface area contributed by atoms with Crippen LogP contribution in [-0.4, -0.2) is 42.9 Å². The van der Waals surface area contributed by atoms with Gasteiger partial charge in [-0.2, -0.15) is 0 Å². The normalized spacial score (nSPS) is 15.1. The van der Waals surface area contributed by atoms with Crippen molar-refractivity contribution in [1.29, 1.82) is 0 Å². The highest BCUT2D eigenvalue weighted by atomic mass is 31.2. The molecule has 0 heterocycles. The predicted octanol–water partition coefficient (Wildman–Crippen LogP) is 9.62. The molecule has 1 N–H and O–H groups in total. The van der Waals surface area contributed by atoms with Crippen LogP contribution in [0.1, 0.15) is 142 Å². The average molecular weight is 503 g/mol. The molecule has 2 unspecified atom stereocenters. The van der Waals surface area contributed by atoms with Gasteiger partial charge in [0.05, 0.1) is 27.7 Å². The third-order valence-corrected chi connectivity index (χ3v) is 9.18. The molecule has 0 aromatic carbocycles. The van der Waals surface area contributed by atoms with Gasteiger partial charge >= 0.3 is 7.60 Å². The van der Waals surface area contributed by atoms with Gasteiger partial charge in [-0.05, 0) is 32.1 Å². The summed E-state index contributed by atoms with van der Waals surface area (Å²) in [7, 11) is 2.29. The Bertz CT molecular complexity index is 516. The molecule has 0 saturated carbocycles. The van der Waals surface area contributed by atoms with E-state index in [1.54, 1.807) is 0 Å². The van der Waals surface area contributed by atoms with E-state index in [0.29, 0.717) is 17.5 Å². The van der Waals surface area contributed by atoms with E-state index in [9.17, 15) is 9.46 Å². The highest BCUT2D eigenvalue weighted by molar-refractivity contribution is 7.53. The van der Waals surface area contributed by atoms with Crippen molar-refractivity contribution in [2.45, 2.75) is 148 Å². The summed E-state index contributed by atoms with van der Waals surface area (Å²) in [5.41, 5.74) is 0. The second kappa shape index (κ2) is 22.1. The molecule has 0 aromatic heterocycles. The molecule has 0 saturated heterocycles. The molecule has 0 bridgehead atoms. The van der Waals surface area contributed by atoms with Crippen LogP contribution in [0.4, 0.5) is 0 Å². The molecule has 0 rings (SSSR count). The van der Waals surface area contributed by atoms with Gasteiger partial charge in [-0.3, -0.25) is 4.57 Å². The minimum Gasteiger partial charge on any atom is -0.320 e. The number of hydrogen-bond acceptors (Lipinski definition) is 2. The number of nitrogens with zero attached hydrogens (tertiary/aromatic N) is 1. The van der Waals surface area contributed by atoms with E-state index in [4.69, 9.17) is 4.52 Å². The summed E-state index contributed by atoms with van der Waals surface area (Å²) in [4.78, 5) is 10.3. The molecule has 0 aliphatic heterocycles. The maximum Gasteiger partial charge on any atom is 0.385 e. The van der Waals surface area contributed by atoms with Crippen LogP contribution in [0.25, 0.3) is 0 Å². The van der Waals surface area contributed by atoms with Crippen LogP contribution in [0, 0.1) is 0 Å². The van der Waals surface area contributed by atoms with Gasteiger partial charge in [0, 0.05) is 6.42 Å². The molecule has 2 atom stereocenters. The zero-order valence-electron chi connectivity index (χ0n) is 23.7. The Balaban J connectivity index is 3.43. The summed E-state index contributed by atoms with van der Waals surface area (Å²) in [6, 6.07) is 0. The van der Waals surface area contributed by atoms with Crippen LogP contribution in [0.2, 0.25) is 0 Å². The van der Waals surface area contributed by atoms with E-state index < -0.39 is 7.60 Å². The number of rotatable bonds is 25. The molecule has 0 aromatic rings. The Labute approximate surface area is 214 Å². The maximum absolute atomic E-state index is 12.5. The molecule has 5 heteroatoms. The van der Waals surface area contributed by atoms with Crippen molar-refractivity contribution < 1.29 is 18.5 Å². The van der Waals surface area contributed by atoms with Gasteiger partial charge in [0.1, 0.15) is 0 Å². The fourth-order valence-corrected chi connectivity index (χ4v) is 6.63. The Morgan fingerprint density at radius 1 is 0.676 bits per heavy atom. The van der Waals surface area contributed by atoms with Crippen LogP contribution in [0.5, 0.6) is 0 Å². The molecule has 34 heavy (non-hydrogen) atoms. The lowest BCUT2D eigenvalue weighted by Crippen LogP contribution is -2.44. The summed E-state index contributed by atoms with van der Waals surface area (Å²) in [5, 5.41) is 0. The summed E-state index contributed by atoms with van der Waals surface area (Å²) in [5.74, 6) is -0.354. The van der Waals surface area contributed by atoms with E-state index in [2.05, 4.69) is 19.1 Å². The van der Waals surface area contributed by atoms with E-state index in [1.807, 2.05) is 28.1 Å². The number of hydrogen-bond donors (Lipinski definition) is 1. The number of quaternary nitrogens is 1. The highest BCUT2D eigenvalue weighted by Crippen LogP contribution is 2.51. The second-order valence-electron chi connectivity index (χ2n) is 11.1. The molecular formula is C29H61NO3P+. The van der Waals surface area contributed by atoms with Gasteiger partial charge in [0.15, 0.2) is 5.78 Å². The summed E-state index contributed by atoms with van der Waals surface area (Å²) in [6.07, 6.45) is 30.4. The molecule has 0 radical (unpaired) electrons. The largest absolute Gasteiger partial charge is 0.385 e. The molecule has 4 nitrogen and oxygen atoms in total. The van der Waals surface area contributed by atoms with Crippen LogP contribution < -0.4 is 0 Å². The fraction of sp³-hybridized carbons (Fsp3) is 0.931. The third-order valence-electron chi connectivity index (χ3n) is 6.82. The summed E-state index contributed by atoms with van der Waals surface area (Å²) in [6.45, 7) is 4.62. The lowest BCUT2D eigenvalue weighted by Gasteiger charge is -2.35. The average Bonchev–Trinajstić information content (AvgIpc) is 2.76. The molecular weight excluding hydrogens is 441 g/mol. The first kappa shape index (κ1) is 33.8. The van der Waals surface area contributed by atoms with Crippen molar-refractivity contribution >= 4 is 7.60 Å². The molecule has 0 amide bonds. The third kappa shape index (κ3) is 20.1. The lowest BCUT2D eigenvalue weighted by molar-refractivity contribution is -0.883. The smallest absolute Gasteiger partial charge is 0.320 e. The van der Waals surface area contributed by atoms with E-state index in [0.717, 1.165) is 25.7 Å². The van der Waals surface area contributed by atoms with Crippen molar-refractivity contribution in [1.82, 2.24) is 0 Å². The van der Waals surface area contributed by atoms with Crippen molar-refractivity contribution in [3.05, 3.63) is 12.2 Å². The SMILES string of the molecule is CCCCCCCCCCCCCCCC=CCCCCCCOP(=O)(O)C(CC)[N+](C)(C)C. The predicted molar refractivity (Wildman–Crippen MR) is 150 cm³/mol. The van der Waals surface area contributed by atoms with Gasteiger partial charge in [0.2, 0.25) is 0 Å². The zero-order valence-corrected chi connectivity index (χ0v) is 24.6. The molecule has 204 valence electrons. The maximum atomic E-state index is 12.5. The molecule has 0 spiro atoms. The monoisotopic (exact) mass is 502 g/mol. The van der Waals surface area contributed by atoms with Gasteiger partial charge in [-0.1, -0.05) is 116 Å². The summed E-state index contributed by atoms with van der Waals surface area (Å²) < 4.78 is 18.4. The lowest BCUT2D eigenvalue weighted by atomic mass is 10.0. The number of unbranched alkanes of at least 4 members (excludes halogenated alkanes) is 17. The van der Waals surface area contributed by atoms with Crippen LogP contribution >= 0.6 is 7.60 Å². The Kier molecular flexibility index (Phi) is 22.0. The Morgan fingerprint density at radius 2 is 1.06 bits per heavy atom. The second-order valence-corrected chi connectivity index (χ2v) is 13.1. The van der Waals surface area contributed by atoms with Crippen molar-refractivity contribution in [3.63, 3.8) is 0 Å². The highest BCUT2D eigenvalue weighted by Gasteiger charge is 2.41. The first-order valence-corrected chi connectivity index (χ1v) is 16.3. The summed E-state index contributed by atoms with van der Waals surface area (Å²) >= 11 is 0. The van der Waals surface area contributed by atoms with Gasteiger partial charge in [-0.15, -0.1) is 0 Å². The Hall–Kier alpha value is -0.150. The molecule has 0 aliphatic carbocycles. The van der Waals surface area contributed by atoms with Crippen LogP contribution in [0.3, 0.4) is 0 Å². The Morgan fingerprint density at radius 3 is 1.44 bits per heavy atom. The fourth-order valence-electron chi connectivity index (χ4n) is 4.73. The molecule has 0 fully saturated rings. The van der Waals surface area contributed by atoms with Crippen molar-refractivity contribution in [2.24, 2.45) is 0 Å². The van der Waals surface area contributed by atoms with Gasteiger partial charge < -0.3 is 13.9 Å². The first-order valence-electron chi connectivity index (χ1n) is 14.7. The number of allylic oxidation sites excluding steroid dienone is 2. The van der Waals surface area contributed by atoms with E-state index >= 15 is 0 Å². The quantitative estimate of drug-likeness (QED) is 0.0585. The van der Waals surface area contributed by atoms with E-state index in [-0.39, 0.29) is 5.78 Å². The van der Waals surface area contributed by atoms with Crippen molar-refractivity contribution in [3.8, 4) is 0 Å². The molecule has 0 aliphatic rings. The first-order chi connectivity index (χ1) is 16.3. The van der Waals surface area contributed by atoms with Gasteiger partial charge in [0.25, 0.3) is 0 Å². The van der Waals surface area contributed by atoms with Crippen molar-refractivity contribution in [2.75, 3.05) is 27.7 Å². The zero-order chi connectivity index (χ0) is 25.5. The minimum absolute atomic E-state index is 0.354.